The first kappa shape index (κ1) is 20.4. The smallest absolute Gasteiger partial charge is 0.282 e. The number of aryl methyl sites for hydroxylation is 1. The van der Waals surface area contributed by atoms with Crippen molar-refractivity contribution >= 4 is 40.4 Å². The molecule has 3 aromatic rings. The van der Waals surface area contributed by atoms with Crippen LogP contribution in [0.2, 0.25) is 5.02 Å². The summed E-state index contributed by atoms with van der Waals surface area (Å²) in [6.45, 7) is 0.550. The Hall–Kier alpha value is -3.51. The molecule has 0 spiro atoms. The molecular weight excluding hydrogens is 434 g/mol. The van der Waals surface area contributed by atoms with E-state index >= 15 is 0 Å². The summed E-state index contributed by atoms with van der Waals surface area (Å²) in [7, 11) is 0. The molecule has 0 aliphatic carbocycles. The maximum absolute atomic E-state index is 13.7. The molecule has 0 atom stereocenters. The predicted octanol–water partition coefficient (Wildman–Crippen LogP) is 5.36. The summed E-state index contributed by atoms with van der Waals surface area (Å²) in [6.07, 6.45) is 1.67. The minimum atomic E-state index is -0.647. The highest BCUT2D eigenvalue weighted by molar-refractivity contribution is 6.46. The summed E-state index contributed by atoms with van der Waals surface area (Å²) < 4.78 is 27.3. The topological polar surface area (TPSA) is 40.6 Å². The van der Waals surface area contributed by atoms with Crippen LogP contribution in [0.25, 0.3) is 5.57 Å². The number of rotatable bonds is 3. The molecule has 4 nitrogen and oxygen atoms in total. The summed E-state index contributed by atoms with van der Waals surface area (Å²) >= 11 is 5.92. The molecular formula is C25H17ClF2N2O2. The molecule has 0 saturated carbocycles. The van der Waals surface area contributed by atoms with E-state index in [2.05, 4.69) is 0 Å². The zero-order valence-electron chi connectivity index (χ0n) is 16.8. The second kappa shape index (κ2) is 7.88. The van der Waals surface area contributed by atoms with Crippen LogP contribution in [0.4, 0.5) is 20.2 Å². The second-order valence-corrected chi connectivity index (χ2v) is 8.07. The number of imide groups is 1. The predicted molar refractivity (Wildman–Crippen MR) is 119 cm³/mol. The molecule has 2 amide bonds. The molecule has 0 radical (unpaired) electrons. The third kappa shape index (κ3) is 3.28. The molecule has 0 bridgehead atoms. The van der Waals surface area contributed by atoms with Crippen molar-refractivity contribution in [1.82, 2.24) is 0 Å². The summed E-state index contributed by atoms with van der Waals surface area (Å²) in [4.78, 5) is 30.1. The number of nitrogens with zero attached hydrogens (tertiary/aromatic N) is 2. The van der Waals surface area contributed by atoms with Crippen molar-refractivity contribution in [1.29, 1.82) is 0 Å². The van der Waals surface area contributed by atoms with E-state index < -0.39 is 23.4 Å². The number of anilines is 2. The van der Waals surface area contributed by atoms with Crippen LogP contribution in [0.15, 0.2) is 72.4 Å². The summed E-state index contributed by atoms with van der Waals surface area (Å²) in [5.74, 6) is -2.19. The van der Waals surface area contributed by atoms with Gasteiger partial charge in [0, 0.05) is 12.2 Å². The fraction of sp³-hybridized carbons (Fsp3) is 0.120. The van der Waals surface area contributed by atoms with Crippen molar-refractivity contribution in [3.05, 3.63) is 100 Å². The number of hydrogen-bond acceptors (Lipinski definition) is 3. The van der Waals surface area contributed by atoms with Crippen LogP contribution in [-0.2, 0) is 16.0 Å². The second-order valence-electron chi connectivity index (χ2n) is 7.66. The maximum Gasteiger partial charge on any atom is 0.282 e. The van der Waals surface area contributed by atoms with Gasteiger partial charge in [0.2, 0.25) is 0 Å². The van der Waals surface area contributed by atoms with Gasteiger partial charge >= 0.3 is 0 Å². The van der Waals surface area contributed by atoms with E-state index in [9.17, 15) is 18.4 Å². The molecule has 3 aromatic carbocycles. The normalized spacial score (nSPS) is 16.1. The van der Waals surface area contributed by atoms with Crippen LogP contribution in [-0.4, -0.2) is 18.4 Å². The van der Waals surface area contributed by atoms with Crippen LogP contribution in [0, 0.1) is 11.6 Å². The van der Waals surface area contributed by atoms with E-state index in [0.717, 1.165) is 35.1 Å². The highest BCUT2D eigenvalue weighted by atomic mass is 35.5. The van der Waals surface area contributed by atoms with Gasteiger partial charge in [0.25, 0.3) is 11.8 Å². The Kier molecular flexibility index (Phi) is 5.02. The van der Waals surface area contributed by atoms with Gasteiger partial charge in [-0.1, -0.05) is 41.9 Å². The Morgan fingerprint density at radius 2 is 1.62 bits per heavy atom. The Bertz CT molecular complexity index is 1290. The van der Waals surface area contributed by atoms with Gasteiger partial charge in [-0.15, -0.1) is 0 Å². The van der Waals surface area contributed by atoms with E-state index in [1.807, 2.05) is 29.2 Å². The molecule has 0 saturated heterocycles. The van der Waals surface area contributed by atoms with E-state index in [0.29, 0.717) is 12.1 Å². The van der Waals surface area contributed by atoms with Crippen LogP contribution in [0.5, 0.6) is 0 Å². The first-order chi connectivity index (χ1) is 15.5. The van der Waals surface area contributed by atoms with E-state index in [-0.39, 0.29) is 22.0 Å². The Morgan fingerprint density at radius 3 is 2.38 bits per heavy atom. The van der Waals surface area contributed by atoms with Crippen molar-refractivity contribution in [2.45, 2.75) is 12.8 Å². The molecule has 2 aliphatic heterocycles. The number of carbonyl (C=O) groups is 2. The zero-order valence-corrected chi connectivity index (χ0v) is 17.6. The average Bonchev–Trinajstić information content (AvgIpc) is 3.06. The van der Waals surface area contributed by atoms with E-state index in [4.69, 9.17) is 11.6 Å². The van der Waals surface area contributed by atoms with Gasteiger partial charge in [0.05, 0.1) is 16.3 Å². The lowest BCUT2D eigenvalue weighted by atomic mass is 9.98. The Labute approximate surface area is 188 Å². The van der Waals surface area contributed by atoms with E-state index in [1.54, 1.807) is 0 Å². The molecule has 32 heavy (non-hydrogen) atoms. The van der Waals surface area contributed by atoms with Gasteiger partial charge in [-0.3, -0.25) is 9.59 Å². The van der Waals surface area contributed by atoms with E-state index in [1.165, 1.54) is 36.4 Å². The van der Waals surface area contributed by atoms with Gasteiger partial charge in [-0.2, -0.15) is 0 Å². The number of carbonyl (C=O) groups excluding carboxylic acids is 2. The lowest BCUT2D eigenvalue weighted by molar-refractivity contribution is -0.120. The van der Waals surface area contributed by atoms with Crippen LogP contribution in [0.3, 0.4) is 0 Å². The largest absolute Gasteiger partial charge is 0.336 e. The lowest BCUT2D eigenvalue weighted by Crippen LogP contribution is -2.37. The molecule has 2 heterocycles. The van der Waals surface area contributed by atoms with Gasteiger partial charge in [0.15, 0.2) is 0 Å². The SMILES string of the molecule is O=C1C(c2ccc(F)cc2)=C(N2CCCc3ccccc32)C(=O)N1c1ccc(F)c(Cl)c1. The number of para-hydroxylation sites is 1. The fourth-order valence-electron chi connectivity index (χ4n) is 4.27. The molecule has 5 rings (SSSR count). The van der Waals surface area contributed by atoms with Crippen molar-refractivity contribution in [3.63, 3.8) is 0 Å². The van der Waals surface area contributed by atoms with Crippen molar-refractivity contribution in [2.24, 2.45) is 0 Å². The molecule has 2 aliphatic rings. The monoisotopic (exact) mass is 450 g/mol. The van der Waals surface area contributed by atoms with Crippen molar-refractivity contribution < 1.29 is 18.4 Å². The molecule has 160 valence electrons. The van der Waals surface area contributed by atoms with Gasteiger partial charge in [-0.25, -0.2) is 13.7 Å². The summed E-state index contributed by atoms with van der Waals surface area (Å²) in [5.41, 5.74) is 2.92. The van der Waals surface area contributed by atoms with Gasteiger partial charge < -0.3 is 4.90 Å². The molecule has 0 fully saturated rings. The molecule has 0 aromatic heterocycles. The molecule has 0 unspecified atom stereocenters. The fourth-order valence-corrected chi connectivity index (χ4v) is 4.44. The summed E-state index contributed by atoms with van der Waals surface area (Å²) in [6, 6.07) is 16.9. The van der Waals surface area contributed by atoms with Crippen molar-refractivity contribution in [3.8, 4) is 0 Å². The average molecular weight is 451 g/mol. The minimum Gasteiger partial charge on any atom is -0.336 e. The number of amides is 2. The standard InChI is InChI=1S/C25H17ClF2N2O2/c26-19-14-18(11-12-20(19)28)30-24(31)22(16-7-9-17(27)10-8-16)23(25(30)32)29-13-3-5-15-4-1-2-6-21(15)29/h1-2,4,6-12,14H,3,5,13H2. The molecule has 7 heteroatoms. The van der Waals surface area contributed by atoms with Gasteiger partial charge in [-0.05, 0) is 60.4 Å². The molecule has 0 N–H and O–H groups in total. The highest BCUT2D eigenvalue weighted by Crippen LogP contribution is 2.40. The number of halogens is 3. The quantitative estimate of drug-likeness (QED) is 0.505. The first-order valence-electron chi connectivity index (χ1n) is 10.1. The third-order valence-corrected chi connectivity index (χ3v) is 6.02. The number of fused-ring (bicyclic) bond motifs is 1. The van der Waals surface area contributed by atoms with Gasteiger partial charge in [0.1, 0.15) is 17.3 Å². The maximum atomic E-state index is 13.7. The van der Waals surface area contributed by atoms with Crippen LogP contribution in [0.1, 0.15) is 17.5 Å². The van der Waals surface area contributed by atoms with Crippen molar-refractivity contribution in [2.75, 3.05) is 16.3 Å². The van der Waals surface area contributed by atoms with Crippen LogP contribution < -0.4 is 9.80 Å². The minimum absolute atomic E-state index is 0.173. The Morgan fingerprint density at radius 1 is 0.875 bits per heavy atom. The first-order valence-corrected chi connectivity index (χ1v) is 10.5. The zero-order chi connectivity index (χ0) is 22.4. The Balaban J connectivity index is 1.70. The lowest BCUT2D eigenvalue weighted by Gasteiger charge is -2.32. The highest BCUT2D eigenvalue weighted by Gasteiger charge is 2.43. The number of benzene rings is 3. The summed E-state index contributed by atoms with van der Waals surface area (Å²) in [5, 5.41) is -0.191. The van der Waals surface area contributed by atoms with Crippen LogP contribution >= 0.6 is 11.6 Å². The third-order valence-electron chi connectivity index (χ3n) is 5.73. The number of hydrogen-bond donors (Lipinski definition) is 0.